The van der Waals surface area contributed by atoms with E-state index in [2.05, 4.69) is 58.6 Å². The highest BCUT2D eigenvalue weighted by molar-refractivity contribution is 7.85. The second kappa shape index (κ2) is 16.5. The second-order valence-corrected chi connectivity index (χ2v) is 14.8. The average molecular weight is 636 g/mol. The summed E-state index contributed by atoms with van der Waals surface area (Å²) in [5.74, 6) is 5.02. The smallest absolute Gasteiger partial charge is 0.264 e. The minimum absolute atomic E-state index is 0.250. The molecule has 4 aliphatic rings. The molecule has 2 aromatic rings. The van der Waals surface area contributed by atoms with Crippen LogP contribution in [-0.4, -0.2) is 41.0 Å². The van der Waals surface area contributed by atoms with Crippen LogP contribution < -0.4 is 9.47 Å². The van der Waals surface area contributed by atoms with E-state index in [4.69, 9.17) is 19.2 Å². The first kappa shape index (κ1) is 33.4. The molecular formula is C36H49N3O5S. The summed E-state index contributed by atoms with van der Waals surface area (Å²) in [6, 6.07) is 17.4. The number of azide groups is 1. The molecule has 0 atom stereocenters. The van der Waals surface area contributed by atoms with Crippen molar-refractivity contribution in [2.24, 2.45) is 28.8 Å². The van der Waals surface area contributed by atoms with Crippen molar-refractivity contribution < 1.29 is 22.1 Å². The molecule has 9 heteroatoms. The standard InChI is InChI=1S/C36H49N3O5S/c1-45(40,41)44-21-9-5-4-8-20-43-34-16-12-30(13-17-34)35(36-31-23-27-22-28(25-31)26-32(36)24-27)29-10-14-33(15-11-29)42-19-7-3-2-6-18-38-39-37/h10-17,27-28,31-32H,2-9,18-26H2,1H3/t27-,28+,31?,32?. The lowest BCUT2D eigenvalue weighted by Crippen LogP contribution is -2.40. The lowest BCUT2D eigenvalue weighted by molar-refractivity contribution is 0.0705. The number of allylic oxidation sites excluding steroid dienone is 1. The molecule has 8 nitrogen and oxygen atoms in total. The van der Waals surface area contributed by atoms with E-state index in [1.807, 2.05) is 0 Å². The molecule has 4 saturated carbocycles. The summed E-state index contributed by atoms with van der Waals surface area (Å²) in [5.41, 5.74) is 14.0. The summed E-state index contributed by atoms with van der Waals surface area (Å²) in [7, 11) is -3.35. The highest BCUT2D eigenvalue weighted by Crippen LogP contribution is 2.58. The van der Waals surface area contributed by atoms with Crippen molar-refractivity contribution >= 4 is 15.7 Å². The normalized spacial score (nSPS) is 21.8. The van der Waals surface area contributed by atoms with Crippen molar-refractivity contribution in [3.8, 4) is 11.5 Å². The predicted octanol–water partition coefficient (Wildman–Crippen LogP) is 9.11. The zero-order chi connectivity index (χ0) is 31.5. The number of hydrogen-bond acceptors (Lipinski definition) is 6. The first-order valence-electron chi connectivity index (χ1n) is 17.0. The van der Waals surface area contributed by atoms with Gasteiger partial charge in [-0.15, -0.1) is 0 Å². The largest absolute Gasteiger partial charge is 0.494 e. The molecular weight excluding hydrogens is 586 g/mol. The van der Waals surface area contributed by atoms with Gasteiger partial charge in [0.05, 0.1) is 26.1 Å². The van der Waals surface area contributed by atoms with Crippen LogP contribution in [0.4, 0.5) is 0 Å². The van der Waals surface area contributed by atoms with Gasteiger partial charge in [0.25, 0.3) is 10.1 Å². The Kier molecular flexibility index (Phi) is 12.3. The van der Waals surface area contributed by atoms with Crippen LogP contribution in [-0.2, 0) is 14.3 Å². The Morgan fingerprint density at radius 1 is 0.711 bits per heavy atom. The molecule has 4 fully saturated rings. The highest BCUT2D eigenvalue weighted by Gasteiger charge is 2.46. The molecule has 4 bridgehead atoms. The third-order valence-electron chi connectivity index (χ3n) is 9.68. The van der Waals surface area contributed by atoms with Crippen LogP contribution in [0.5, 0.6) is 11.5 Å². The third-order valence-corrected chi connectivity index (χ3v) is 10.3. The van der Waals surface area contributed by atoms with Gasteiger partial charge in [-0.3, -0.25) is 4.18 Å². The van der Waals surface area contributed by atoms with E-state index in [9.17, 15) is 8.42 Å². The van der Waals surface area contributed by atoms with Gasteiger partial charge in [0, 0.05) is 11.5 Å². The minimum atomic E-state index is -3.35. The molecule has 0 aromatic heterocycles. The predicted molar refractivity (Wildman–Crippen MR) is 179 cm³/mol. The quantitative estimate of drug-likeness (QED) is 0.0503. The third kappa shape index (κ3) is 9.99. The maximum atomic E-state index is 11.1. The Hall–Kier alpha value is -3.00. The summed E-state index contributed by atoms with van der Waals surface area (Å²) in [4.78, 5) is 2.81. The van der Waals surface area contributed by atoms with Crippen molar-refractivity contribution in [3.05, 3.63) is 75.7 Å². The topological polar surface area (TPSA) is 111 Å². The maximum absolute atomic E-state index is 11.1. The average Bonchev–Trinajstić information content (AvgIpc) is 3.01. The number of rotatable bonds is 19. The Morgan fingerprint density at radius 3 is 1.64 bits per heavy atom. The number of hydrogen-bond donors (Lipinski definition) is 0. The van der Waals surface area contributed by atoms with Gasteiger partial charge in [-0.1, -0.05) is 54.2 Å². The van der Waals surface area contributed by atoms with Gasteiger partial charge in [-0.2, -0.15) is 8.42 Å². The van der Waals surface area contributed by atoms with Crippen LogP contribution in [0.2, 0.25) is 0 Å². The molecule has 4 aliphatic carbocycles. The van der Waals surface area contributed by atoms with Crippen molar-refractivity contribution in [1.82, 2.24) is 0 Å². The molecule has 0 radical (unpaired) electrons. The molecule has 0 saturated heterocycles. The number of unbranched alkanes of at least 4 members (excludes halogenated alkanes) is 6. The maximum Gasteiger partial charge on any atom is 0.264 e. The molecule has 0 spiro atoms. The van der Waals surface area contributed by atoms with E-state index in [1.165, 1.54) is 48.8 Å². The van der Waals surface area contributed by atoms with Crippen molar-refractivity contribution in [2.45, 2.75) is 83.5 Å². The van der Waals surface area contributed by atoms with Gasteiger partial charge < -0.3 is 9.47 Å². The monoisotopic (exact) mass is 635 g/mol. The molecule has 0 aliphatic heterocycles. The van der Waals surface area contributed by atoms with Gasteiger partial charge in [0.1, 0.15) is 11.5 Å². The Labute approximate surface area is 269 Å². The van der Waals surface area contributed by atoms with Crippen LogP contribution >= 0.6 is 0 Å². The Bertz CT molecular complexity index is 1390. The van der Waals surface area contributed by atoms with Gasteiger partial charge >= 0.3 is 0 Å². The van der Waals surface area contributed by atoms with E-state index in [1.54, 1.807) is 5.57 Å². The second-order valence-electron chi connectivity index (χ2n) is 13.2. The van der Waals surface area contributed by atoms with E-state index >= 15 is 0 Å². The van der Waals surface area contributed by atoms with E-state index in [0.717, 1.165) is 81.0 Å². The zero-order valence-corrected chi connectivity index (χ0v) is 27.6. The van der Waals surface area contributed by atoms with E-state index < -0.39 is 10.1 Å². The van der Waals surface area contributed by atoms with Crippen molar-refractivity contribution in [3.63, 3.8) is 0 Å². The zero-order valence-electron chi connectivity index (χ0n) is 26.7. The van der Waals surface area contributed by atoms with Crippen molar-refractivity contribution in [1.29, 1.82) is 0 Å². The fourth-order valence-electron chi connectivity index (χ4n) is 7.87. The number of ether oxygens (including phenoxy) is 2. The van der Waals surface area contributed by atoms with Crippen LogP contribution in [0.25, 0.3) is 16.0 Å². The Balaban J connectivity index is 1.20. The lowest BCUT2D eigenvalue weighted by Gasteiger charge is -2.52. The molecule has 244 valence electrons. The lowest BCUT2D eigenvalue weighted by atomic mass is 9.53. The summed E-state index contributed by atoms with van der Waals surface area (Å²) in [6.07, 6.45) is 15.5. The SMILES string of the molecule is CS(=O)(=O)OCCCCCCOc1ccc(C(=C2C3C[C@H]4CC2C[C@@H](C3)C4)c2ccc(OCCCCCCN=[N+]=[N-])cc2)cc1. The molecule has 0 N–H and O–H groups in total. The Morgan fingerprint density at radius 2 is 1.18 bits per heavy atom. The van der Waals surface area contributed by atoms with Gasteiger partial charge in [0.2, 0.25) is 0 Å². The summed E-state index contributed by atoms with van der Waals surface area (Å²) in [6.45, 7) is 2.16. The van der Waals surface area contributed by atoms with E-state index in [0.29, 0.717) is 31.6 Å². The fourth-order valence-corrected chi connectivity index (χ4v) is 8.29. The molecule has 45 heavy (non-hydrogen) atoms. The highest BCUT2D eigenvalue weighted by atomic mass is 32.2. The molecule has 0 amide bonds. The molecule has 2 aromatic carbocycles. The first-order valence-corrected chi connectivity index (χ1v) is 18.8. The fraction of sp³-hybridized carbons (Fsp3) is 0.611. The molecule has 0 unspecified atom stereocenters. The van der Waals surface area contributed by atoms with Crippen LogP contribution in [0.3, 0.4) is 0 Å². The van der Waals surface area contributed by atoms with Gasteiger partial charge in [-0.05, 0) is 134 Å². The van der Waals surface area contributed by atoms with Crippen LogP contribution in [0.15, 0.2) is 59.2 Å². The summed E-state index contributed by atoms with van der Waals surface area (Å²) in [5, 5.41) is 3.60. The number of nitrogens with zero attached hydrogens (tertiary/aromatic N) is 3. The molecule has 6 rings (SSSR count). The minimum Gasteiger partial charge on any atom is -0.494 e. The summed E-state index contributed by atoms with van der Waals surface area (Å²) >= 11 is 0. The van der Waals surface area contributed by atoms with Crippen LogP contribution in [0, 0.1) is 23.7 Å². The first-order chi connectivity index (χ1) is 21.9. The number of benzene rings is 2. The van der Waals surface area contributed by atoms with Crippen molar-refractivity contribution in [2.75, 3.05) is 32.6 Å². The van der Waals surface area contributed by atoms with Gasteiger partial charge in [0.15, 0.2) is 0 Å². The molecule has 0 heterocycles. The van der Waals surface area contributed by atoms with Gasteiger partial charge in [-0.25, -0.2) is 0 Å². The van der Waals surface area contributed by atoms with Crippen LogP contribution in [0.1, 0.15) is 94.6 Å². The summed E-state index contributed by atoms with van der Waals surface area (Å²) < 4.78 is 39.1. The van der Waals surface area contributed by atoms with E-state index in [-0.39, 0.29) is 6.61 Å².